The summed E-state index contributed by atoms with van der Waals surface area (Å²) in [7, 11) is 0. The minimum Gasteiger partial charge on any atom is -0.342 e. The van der Waals surface area contributed by atoms with Crippen LogP contribution in [0.4, 0.5) is 0 Å². The first-order chi connectivity index (χ1) is 14.9. The third-order valence-corrected chi connectivity index (χ3v) is 6.81. The molecule has 8 heteroatoms. The molecule has 2 aromatic carbocycles. The first-order valence-electron chi connectivity index (χ1n) is 9.52. The molecule has 1 amide bonds. The number of para-hydroxylation sites is 1. The molecule has 0 saturated carbocycles. The molecule has 0 atom stereocenters. The van der Waals surface area contributed by atoms with Crippen molar-refractivity contribution in [2.24, 2.45) is 4.99 Å². The molecule has 3 heterocycles. The number of halogens is 2. The molecule has 0 radical (unpaired) electrons. The molecule has 0 spiro atoms. The van der Waals surface area contributed by atoms with Gasteiger partial charge in [-0.25, -0.2) is 0 Å². The quantitative estimate of drug-likeness (QED) is 0.469. The topological polar surface area (TPSA) is 61.5 Å². The Morgan fingerprint density at radius 3 is 2.65 bits per heavy atom. The Labute approximate surface area is 193 Å². The van der Waals surface area contributed by atoms with Crippen molar-refractivity contribution in [2.75, 3.05) is 0 Å². The van der Waals surface area contributed by atoms with E-state index in [1.54, 1.807) is 11.0 Å². The predicted molar refractivity (Wildman–Crippen MR) is 129 cm³/mol. The third kappa shape index (κ3) is 3.51. The molecule has 2 aliphatic rings. The molecule has 0 bridgehead atoms. The summed E-state index contributed by atoms with van der Waals surface area (Å²) in [5.41, 5.74) is 2.90. The second kappa shape index (κ2) is 7.71. The smallest absolute Gasteiger partial charge is 0.283 e. The lowest BCUT2D eigenvalue weighted by atomic mass is 10.1. The number of aliphatic imine (C=N–C) groups is 1. The SMILES string of the molecule is CC1=CN2C(=N)/C(=C/c3cn(Cc4c(Cl)cccc4Cl)c4ccccc34)C(=O)N=C2S1. The van der Waals surface area contributed by atoms with E-state index in [2.05, 4.69) is 9.56 Å². The molecule has 0 fully saturated rings. The number of hydrogen-bond donors (Lipinski definition) is 1. The number of hydrogen-bond acceptors (Lipinski definition) is 3. The molecule has 31 heavy (non-hydrogen) atoms. The normalized spacial score (nSPS) is 17.4. The highest BCUT2D eigenvalue weighted by atomic mass is 35.5. The summed E-state index contributed by atoms with van der Waals surface area (Å²) in [5, 5.41) is 11.3. The van der Waals surface area contributed by atoms with Crippen molar-refractivity contribution >= 4 is 68.9 Å². The standard InChI is InChI=1S/C23H16Cl2N4OS/c1-13-10-29-21(26)16(22(30)27-23(29)31-13)9-14-11-28(20-8-3-2-5-15(14)20)12-17-18(24)6-4-7-19(17)25/h2-11,26H,12H2,1H3/b16-9-,26-21?. The summed E-state index contributed by atoms with van der Waals surface area (Å²) in [6.45, 7) is 2.42. The number of benzene rings is 2. The molecule has 1 N–H and O–H groups in total. The average molecular weight is 467 g/mol. The minimum absolute atomic E-state index is 0.130. The molecule has 5 rings (SSSR count). The monoisotopic (exact) mass is 466 g/mol. The second-order valence-corrected chi connectivity index (χ2v) is 9.28. The number of nitrogens with one attached hydrogen (secondary N) is 1. The van der Waals surface area contributed by atoms with Crippen LogP contribution in [0.25, 0.3) is 17.0 Å². The fraction of sp³-hybridized carbons (Fsp3) is 0.0870. The van der Waals surface area contributed by atoms with Gasteiger partial charge in [-0.1, -0.05) is 59.2 Å². The Morgan fingerprint density at radius 2 is 1.87 bits per heavy atom. The summed E-state index contributed by atoms with van der Waals surface area (Å²) < 4.78 is 2.05. The first kappa shape index (κ1) is 20.1. The predicted octanol–water partition coefficient (Wildman–Crippen LogP) is 6.16. The van der Waals surface area contributed by atoms with Gasteiger partial charge in [-0.3, -0.25) is 15.1 Å². The maximum absolute atomic E-state index is 12.7. The lowest BCUT2D eigenvalue weighted by molar-refractivity contribution is -0.114. The number of aromatic nitrogens is 1. The van der Waals surface area contributed by atoms with Crippen molar-refractivity contribution in [2.45, 2.75) is 13.5 Å². The number of rotatable bonds is 3. The summed E-state index contributed by atoms with van der Waals surface area (Å²) in [6, 6.07) is 13.4. The van der Waals surface area contributed by atoms with Crippen molar-refractivity contribution in [3.05, 3.63) is 86.5 Å². The molecule has 0 unspecified atom stereocenters. The van der Waals surface area contributed by atoms with E-state index < -0.39 is 5.91 Å². The summed E-state index contributed by atoms with van der Waals surface area (Å²) in [5.74, 6) is -0.275. The van der Waals surface area contributed by atoms with Gasteiger partial charge in [0.15, 0.2) is 5.17 Å². The van der Waals surface area contributed by atoms with E-state index >= 15 is 0 Å². The minimum atomic E-state index is -0.405. The second-order valence-electron chi connectivity index (χ2n) is 7.25. The molecule has 5 nitrogen and oxygen atoms in total. The summed E-state index contributed by atoms with van der Waals surface area (Å²) in [6.07, 6.45) is 5.52. The van der Waals surface area contributed by atoms with Gasteiger partial charge in [-0.05, 0) is 31.2 Å². The van der Waals surface area contributed by atoms with E-state index in [1.165, 1.54) is 11.8 Å². The Kier molecular flexibility index (Phi) is 5.01. The average Bonchev–Trinajstić information content (AvgIpc) is 3.28. The third-order valence-electron chi connectivity index (χ3n) is 5.20. The van der Waals surface area contributed by atoms with E-state index in [1.807, 2.05) is 61.8 Å². The van der Waals surface area contributed by atoms with Crippen molar-refractivity contribution in [3.8, 4) is 0 Å². The number of carbonyl (C=O) groups excluding carboxylic acids is 1. The van der Waals surface area contributed by atoms with Crippen LogP contribution in [0.3, 0.4) is 0 Å². The largest absolute Gasteiger partial charge is 0.342 e. The molecule has 3 aromatic rings. The van der Waals surface area contributed by atoms with Gasteiger partial charge in [0, 0.05) is 49.4 Å². The molecular formula is C23H16Cl2N4OS. The zero-order valence-corrected chi connectivity index (χ0v) is 18.7. The number of fused-ring (bicyclic) bond motifs is 2. The van der Waals surface area contributed by atoms with Crippen molar-refractivity contribution < 1.29 is 4.79 Å². The van der Waals surface area contributed by atoms with Crippen LogP contribution in [0, 0.1) is 5.41 Å². The number of carbonyl (C=O) groups is 1. The zero-order valence-electron chi connectivity index (χ0n) is 16.4. The van der Waals surface area contributed by atoms with Crippen LogP contribution < -0.4 is 0 Å². The number of thioether (sulfide) groups is 1. The number of amides is 1. The van der Waals surface area contributed by atoms with Crippen LogP contribution >= 0.6 is 35.0 Å². The van der Waals surface area contributed by atoms with Gasteiger partial charge in [0.25, 0.3) is 5.91 Å². The highest BCUT2D eigenvalue weighted by Gasteiger charge is 2.33. The zero-order chi connectivity index (χ0) is 21.7. The van der Waals surface area contributed by atoms with Crippen LogP contribution in [0.15, 0.2) is 70.3 Å². The maximum atomic E-state index is 12.7. The molecule has 0 aliphatic carbocycles. The fourth-order valence-corrected chi connectivity index (χ4v) is 5.07. The molecule has 0 saturated heterocycles. The maximum Gasteiger partial charge on any atom is 0.283 e. The van der Waals surface area contributed by atoms with E-state index in [0.29, 0.717) is 21.8 Å². The van der Waals surface area contributed by atoms with Crippen molar-refractivity contribution in [1.29, 1.82) is 5.41 Å². The van der Waals surface area contributed by atoms with Gasteiger partial charge in [0.1, 0.15) is 5.84 Å². The van der Waals surface area contributed by atoms with Crippen LogP contribution in [0.1, 0.15) is 18.1 Å². The number of nitrogens with zero attached hydrogens (tertiary/aromatic N) is 3. The molecule has 154 valence electrons. The Bertz CT molecular complexity index is 1350. The molecule has 1 aromatic heterocycles. The van der Waals surface area contributed by atoms with Gasteiger partial charge in [-0.2, -0.15) is 4.99 Å². The van der Waals surface area contributed by atoms with Gasteiger partial charge in [0.2, 0.25) is 0 Å². The van der Waals surface area contributed by atoms with Gasteiger partial charge >= 0.3 is 0 Å². The van der Waals surface area contributed by atoms with E-state index in [-0.39, 0.29) is 11.4 Å². The Morgan fingerprint density at radius 1 is 1.13 bits per heavy atom. The van der Waals surface area contributed by atoms with E-state index in [9.17, 15) is 4.79 Å². The highest BCUT2D eigenvalue weighted by molar-refractivity contribution is 8.17. The van der Waals surface area contributed by atoms with Crippen LogP contribution in [0.2, 0.25) is 10.0 Å². The van der Waals surface area contributed by atoms with Crippen LogP contribution in [0.5, 0.6) is 0 Å². The fourth-order valence-electron chi connectivity index (χ4n) is 3.73. The number of amidine groups is 2. The van der Waals surface area contributed by atoms with Gasteiger partial charge < -0.3 is 4.57 Å². The summed E-state index contributed by atoms with van der Waals surface area (Å²) in [4.78, 5) is 19.5. The molecule has 2 aliphatic heterocycles. The molecular weight excluding hydrogens is 451 g/mol. The highest BCUT2D eigenvalue weighted by Crippen LogP contribution is 2.34. The Hall–Kier alpha value is -2.80. The lowest BCUT2D eigenvalue weighted by Crippen LogP contribution is -2.35. The first-order valence-corrected chi connectivity index (χ1v) is 11.1. The number of allylic oxidation sites excluding steroid dienone is 1. The van der Waals surface area contributed by atoms with Crippen molar-refractivity contribution in [3.63, 3.8) is 0 Å². The van der Waals surface area contributed by atoms with Gasteiger partial charge in [0.05, 0.1) is 12.1 Å². The Balaban J connectivity index is 1.60. The summed E-state index contributed by atoms with van der Waals surface area (Å²) >= 11 is 14.2. The van der Waals surface area contributed by atoms with Crippen molar-refractivity contribution in [1.82, 2.24) is 9.47 Å². The van der Waals surface area contributed by atoms with E-state index in [4.69, 9.17) is 28.6 Å². The lowest BCUT2D eigenvalue weighted by Gasteiger charge is -2.22. The van der Waals surface area contributed by atoms with Crippen LogP contribution in [-0.4, -0.2) is 26.4 Å². The van der Waals surface area contributed by atoms with Gasteiger partial charge in [-0.15, -0.1) is 0 Å². The van der Waals surface area contributed by atoms with E-state index in [0.717, 1.165) is 26.9 Å². The van der Waals surface area contributed by atoms with Crippen LogP contribution in [-0.2, 0) is 11.3 Å².